The Bertz CT molecular complexity index is 1000. The Hall–Kier alpha value is -4.40. The minimum Gasteiger partial charge on any atom is -0.497 e. The summed E-state index contributed by atoms with van der Waals surface area (Å²) >= 11 is 0. The van der Waals surface area contributed by atoms with E-state index in [1.54, 1.807) is 62.8 Å². The van der Waals surface area contributed by atoms with E-state index in [4.69, 9.17) is 13.9 Å². The molecule has 0 aliphatic carbocycles. The average Bonchev–Trinajstić information content (AvgIpc) is 3.30. The van der Waals surface area contributed by atoms with Crippen LogP contribution in [-0.2, 0) is 0 Å². The van der Waals surface area contributed by atoms with Gasteiger partial charge in [-0.05, 0) is 71.8 Å². The smallest absolute Gasteiger partial charge is 0.307 e. The molecule has 0 saturated heterocycles. The van der Waals surface area contributed by atoms with Gasteiger partial charge < -0.3 is 13.9 Å². The van der Waals surface area contributed by atoms with Crippen molar-refractivity contribution in [3.05, 3.63) is 83.3 Å². The first-order valence-electron chi connectivity index (χ1n) is 9.14. The lowest BCUT2D eigenvalue weighted by Gasteiger charge is -2.00. The number of hydrogen-bond donors (Lipinski definition) is 2. The molecule has 1 heterocycles. The highest BCUT2D eigenvalue weighted by molar-refractivity contribution is 5.96. The summed E-state index contributed by atoms with van der Waals surface area (Å²) in [6.07, 6.45) is 2.95. The quantitative estimate of drug-likeness (QED) is 0.430. The van der Waals surface area contributed by atoms with E-state index in [0.717, 1.165) is 22.6 Å². The molecule has 0 aliphatic heterocycles. The monoisotopic (exact) mass is 420 g/mol. The second-order valence-electron chi connectivity index (χ2n) is 6.11. The lowest BCUT2D eigenvalue weighted by atomic mass is 10.2. The van der Waals surface area contributed by atoms with E-state index in [2.05, 4.69) is 21.1 Å². The van der Waals surface area contributed by atoms with Crippen molar-refractivity contribution in [1.29, 1.82) is 0 Å². The summed E-state index contributed by atoms with van der Waals surface area (Å²) in [6, 6.07) is 17.0. The number of hydrazone groups is 2. The zero-order chi connectivity index (χ0) is 22.1. The topological polar surface area (TPSA) is 115 Å². The fraction of sp³-hybridized carbons (Fsp3) is 0.0909. The maximum absolute atomic E-state index is 12.1. The summed E-state index contributed by atoms with van der Waals surface area (Å²) in [5.41, 5.74) is 6.22. The van der Waals surface area contributed by atoms with Crippen LogP contribution in [-0.4, -0.2) is 38.5 Å². The van der Waals surface area contributed by atoms with Crippen LogP contribution in [0.5, 0.6) is 11.5 Å². The van der Waals surface area contributed by atoms with Gasteiger partial charge in [0.1, 0.15) is 11.5 Å². The number of ether oxygens (including phenoxy) is 2. The van der Waals surface area contributed by atoms with E-state index in [-0.39, 0.29) is 11.5 Å². The summed E-state index contributed by atoms with van der Waals surface area (Å²) in [4.78, 5) is 24.2. The molecule has 0 unspecified atom stereocenters. The molecular formula is C22H20N4O5. The number of carbonyl (C=O) groups excluding carboxylic acids is 2. The molecule has 158 valence electrons. The van der Waals surface area contributed by atoms with Gasteiger partial charge in [-0.15, -0.1) is 0 Å². The van der Waals surface area contributed by atoms with Crippen LogP contribution < -0.4 is 20.3 Å². The lowest BCUT2D eigenvalue weighted by Crippen LogP contribution is -2.18. The highest BCUT2D eigenvalue weighted by Crippen LogP contribution is 2.11. The average molecular weight is 420 g/mol. The van der Waals surface area contributed by atoms with Gasteiger partial charge in [-0.1, -0.05) is 0 Å². The fourth-order valence-electron chi connectivity index (χ4n) is 2.40. The standard InChI is InChI=1S/C22H20N4O5/c1-29-17-7-3-15(4-8-17)13-23-25-21(27)19-11-12-20(31-19)22(28)26-24-14-16-5-9-18(30-2)10-6-16/h3-14H,1-2H3,(H,25,27)(H,26,28)/b23-13+,24-14+. The summed E-state index contributed by atoms with van der Waals surface area (Å²) < 4.78 is 15.4. The molecule has 3 aromatic rings. The molecule has 0 spiro atoms. The Kier molecular flexibility index (Phi) is 7.15. The molecule has 0 aliphatic rings. The highest BCUT2D eigenvalue weighted by atomic mass is 16.5. The first-order chi connectivity index (χ1) is 15.1. The SMILES string of the molecule is COc1ccc(/C=N/NC(=O)c2ccc(C(=O)N/N=C/c3ccc(OC)cc3)o2)cc1. The molecule has 0 saturated carbocycles. The molecule has 0 fully saturated rings. The molecule has 3 rings (SSSR count). The third-order valence-corrected chi connectivity index (χ3v) is 4.04. The van der Waals surface area contributed by atoms with Crippen molar-refractivity contribution in [2.75, 3.05) is 14.2 Å². The van der Waals surface area contributed by atoms with Crippen molar-refractivity contribution < 1.29 is 23.5 Å². The Morgan fingerprint density at radius 2 is 1.10 bits per heavy atom. The van der Waals surface area contributed by atoms with Crippen molar-refractivity contribution in [2.24, 2.45) is 10.2 Å². The van der Waals surface area contributed by atoms with E-state index in [1.807, 2.05) is 0 Å². The summed E-state index contributed by atoms with van der Waals surface area (Å²) in [5, 5.41) is 7.73. The third-order valence-electron chi connectivity index (χ3n) is 4.04. The molecule has 0 atom stereocenters. The van der Waals surface area contributed by atoms with Crippen LogP contribution in [0.2, 0.25) is 0 Å². The minimum atomic E-state index is -0.592. The van der Waals surface area contributed by atoms with Crippen molar-refractivity contribution in [1.82, 2.24) is 10.9 Å². The minimum absolute atomic E-state index is 0.0591. The van der Waals surface area contributed by atoms with Crippen molar-refractivity contribution in [2.45, 2.75) is 0 Å². The number of carbonyl (C=O) groups is 2. The summed E-state index contributed by atoms with van der Waals surface area (Å²) in [7, 11) is 3.16. The second-order valence-corrected chi connectivity index (χ2v) is 6.11. The molecule has 0 bridgehead atoms. The Labute approximate surface area is 178 Å². The second kappa shape index (κ2) is 10.4. The fourth-order valence-corrected chi connectivity index (χ4v) is 2.40. The van der Waals surface area contributed by atoms with E-state index < -0.39 is 11.8 Å². The van der Waals surface area contributed by atoms with Crippen LogP contribution in [0.4, 0.5) is 0 Å². The van der Waals surface area contributed by atoms with Gasteiger partial charge in [-0.3, -0.25) is 9.59 Å². The number of benzene rings is 2. The number of nitrogens with one attached hydrogen (secondary N) is 2. The summed E-state index contributed by atoms with van der Waals surface area (Å²) in [5.74, 6) is 0.134. The number of rotatable bonds is 8. The molecule has 2 aromatic carbocycles. The first-order valence-corrected chi connectivity index (χ1v) is 9.14. The normalized spacial score (nSPS) is 10.9. The number of nitrogens with zero attached hydrogens (tertiary/aromatic N) is 2. The van der Waals surface area contributed by atoms with Crippen LogP contribution in [0.1, 0.15) is 32.2 Å². The Morgan fingerprint density at radius 1 is 0.710 bits per heavy atom. The maximum Gasteiger partial charge on any atom is 0.307 e. The van der Waals surface area contributed by atoms with Gasteiger partial charge in [0, 0.05) is 0 Å². The largest absolute Gasteiger partial charge is 0.497 e. The lowest BCUT2D eigenvalue weighted by molar-refractivity contribution is 0.0902. The van der Waals surface area contributed by atoms with Crippen LogP contribution in [0, 0.1) is 0 Å². The molecule has 1 aromatic heterocycles. The molecule has 2 N–H and O–H groups in total. The molecule has 9 heteroatoms. The van der Waals surface area contributed by atoms with Crippen LogP contribution >= 0.6 is 0 Å². The van der Waals surface area contributed by atoms with E-state index in [0.29, 0.717) is 0 Å². The zero-order valence-corrected chi connectivity index (χ0v) is 16.9. The Balaban J connectivity index is 1.51. The van der Waals surface area contributed by atoms with Gasteiger partial charge in [0.25, 0.3) is 0 Å². The number of amides is 2. The van der Waals surface area contributed by atoms with Gasteiger partial charge in [-0.2, -0.15) is 10.2 Å². The maximum atomic E-state index is 12.1. The molecule has 9 nitrogen and oxygen atoms in total. The van der Waals surface area contributed by atoms with E-state index in [9.17, 15) is 9.59 Å². The van der Waals surface area contributed by atoms with Gasteiger partial charge >= 0.3 is 11.8 Å². The predicted octanol–water partition coefficient (Wildman–Crippen LogP) is 2.82. The van der Waals surface area contributed by atoms with Gasteiger partial charge in [0.05, 0.1) is 26.6 Å². The van der Waals surface area contributed by atoms with Gasteiger partial charge in [-0.25, -0.2) is 10.9 Å². The zero-order valence-electron chi connectivity index (χ0n) is 16.9. The van der Waals surface area contributed by atoms with Gasteiger partial charge in [0.2, 0.25) is 0 Å². The number of hydrogen-bond acceptors (Lipinski definition) is 7. The van der Waals surface area contributed by atoms with Crippen molar-refractivity contribution in [3.63, 3.8) is 0 Å². The van der Waals surface area contributed by atoms with Crippen molar-refractivity contribution >= 4 is 24.2 Å². The van der Waals surface area contributed by atoms with Crippen LogP contribution in [0.25, 0.3) is 0 Å². The summed E-state index contributed by atoms with van der Waals surface area (Å²) in [6.45, 7) is 0. The van der Waals surface area contributed by atoms with E-state index in [1.165, 1.54) is 24.6 Å². The Morgan fingerprint density at radius 3 is 1.45 bits per heavy atom. The van der Waals surface area contributed by atoms with Crippen molar-refractivity contribution in [3.8, 4) is 11.5 Å². The van der Waals surface area contributed by atoms with E-state index >= 15 is 0 Å². The number of methoxy groups -OCH3 is 2. The molecule has 2 amide bonds. The predicted molar refractivity (Wildman–Crippen MR) is 115 cm³/mol. The molecular weight excluding hydrogens is 400 g/mol. The number of furan rings is 1. The van der Waals surface area contributed by atoms with Crippen LogP contribution in [0.15, 0.2) is 75.3 Å². The highest BCUT2D eigenvalue weighted by Gasteiger charge is 2.15. The first kappa shape index (κ1) is 21.3. The van der Waals surface area contributed by atoms with Crippen LogP contribution in [0.3, 0.4) is 0 Å². The molecule has 0 radical (unpaired) electrons. The third kappa shape index (κ3) is 6.04. The van der Waals surface area contributed by atoms with Gasteiger partial charge in [0.15, 0.2) is 11.5 Å². The molecule has 31 heavy (non-hydrogen) atoms.